The molecule has 1 rings (SSSR count). The van der Waals surface area contributed by atoms with Crippen molar-refractivity contribution >= 4 is 0 Å². The predicted molar refractivity (Wildman–Crippen MR) is 59.4 cm³/mol. The summed E-state index contributed by atoms with van der Waals surface area (Å²) < 4.78 is 16.4. The maximum Gasteiger partial charge on any atom is 0.259 e. The lowest BCUT2D eigenvalue weighted by molar-refractivity contribution is -0.160. The van der Waals surface area contributed by atoms with Gasteiger partial charge in [-0.15, -0.1) is 0 Å². The zero-order valence-electron chi connectivity index (χ0n) is 10.7. The van der Waals surface area contributed by atoms with Gasteiger partial charge < -0.3 is 14.2 Å². The zero-order valence-corrected chi connectivity index (χ0v) is 10.7. The van der Waals surface area contributed by atoms with E-state index in [9.17, 15) is 0 Å². The minimum absolute atomic E-state index is 0.176. The summed E-state index contributed by atoms with van der Waals surface area (Å²) in [4.78, 5) is 0. The first-order valence-electron chi connectivity index (χ1n) is 5.77. The Balaban J connectivity index is 2.77. The fourth-order valence-electron chi connectivity index (χ4n) is 1.92. The van der Waals surface area contributed by atoms with E-state index in [1.165, 1.54) is 0 Å². The van der Waals surface area contributed by atoms with Gasteiger partial charge in [0.2, 0.25) is 0 Å². The van der Waals surface area contributed by atoms with Crippen molar-refractivity contribution in [2.24, 2.45) is 11.8 Å². The van der Waals surface area contributed by atoms with Crippen molar-refractivity contribution in [3.63, 3.8) is 0 Å². The standard InChI is InChI=1S/C12H21NO3/c1-6-8(2)9(3)10-11(14-5)16-12(4,7-13)15-10/h8-11H,6H2,1-5H3. The van der Waals surface area contributed by atoms with Crippen molar-refractivity contribution in [3.05, 3.63) is 0 Å². The molecule has 0 aliphatic carbocycles. The third-order valence-corrected chi connectivity index (χ3v) is 3.47. The van der Waals surface area contributed by atoms with E-state index >= 15 is 0 Å². The quantitative estimate of drug-likeness (QED) is 0.739. The molecule has 92 valence electrons. The van der Waals surface area contributed by atoms with Gasteiger partial charge in [-0.3, -0.25) is 0 Å². The number of nitrogens with zero attached hydrogens (tertiary/aromatic N) is 1. The van der Waals surface area contributed by atoms with Crippen LogP contribution in [0.1, 0.15) is 34.1 Å². The lowest BCUT2D eigenvalue weighted by Gasteiger charge is -2.26. The third kappa shape index (κ3) is 2.54. The summed E-state index contributed by atoms with van der Waals surface area (Å²) >= 11 is 0. The van der Waals surface area contributed by atoms with Crippen LogP contribution in [0.2, 0.25) is 0 Å². The number of hydrogen-bond acceptors (Lipinski definition) is 4. The Morgan fingerprint density at radius 1 is 1.44 bits per heavy atom. The van der Waals surface area contributed by atoms with Crippen LogP contribution in [0.15, 0.2) is 0 Å². The maximum absolute atomic E-state index is 8.98. The highest BCUT2D eigenvalue weighted by Crippen LogP contribution is 2.35. The Morgan fingerprint density at radius 2 is 2.06 bits per heavy atom. The monoisotopic (exact) mass is 227 g/mol. The minimum Gasteiger partial charge on any atom is -0.353 e. The zero-order chi connectivity index (χ0) is 12.3. The number of ether oxygens (including phenoxy) is 3. The fourth-order valence-corrected chi connectivity index (χ4v) is 1.92. The predicted octanol–water partition coefficient (Wildman–Crippen LogP) is 2.30. The van der Waals surface area contributed by atoms with Crippen molar-refractivity contribution in [1.29, 1.82) is 5.26 Å². The summed E-state index contributed by atoms with van der Waals surface area (Å²) in [5.41, 5.74) is 0. The normalized spacial score (nSPS) is 38.0. The average molecular weight is 227 g/mol. The highest BCUT2D eigenvalue weighted by atomic mass is 16.8. The van der Waals surface area contributed by atoms with Crippen LogP contribution >= 0.6 is 0 Å². The summed E-state index contributed by atoms with van der Waals surface area (Å²) in [6, 6.07) is 2.02. The van der Waals surface area contributed by atoms with Crippen LogP contribution in [-0.2, 0) is 14.2 Å². The van der Waals surface area contributed by atoms with E-state index in [2.05, 4.69) is 20.8 Å². The van der Waals surface area contributed by atoms with Gasteiger partial charge >= 0.3 is 0 Å². The third-order valence-electron chi connectivity index (χ3n) is 3.47. The summed E-state index contributed by atoms with van der Waals surface area (Å²) in [7, 11) is 1.58. The fraction of sp³-hybridized carbons (Fsp3) is 0.917. The molecule has 0 aromatic carbocycles. The summed E-state index contributed by atoms with van der Waals surface area (Å²) in [6.07, 6.45) is 0.444. The van der Waals surface area contributed by atoms with Crippen molar-refractivity contribution < 1.29 is 14.2 Å². The molecule has 1 heterocycles. The maximum atomic E-state index is 8.98. The molecule has 0 bridgehead atoms. The second-order valence-corrected chi connectivity index (χ2v) is 4.61. The molecular formula is C12H21NO3. The molecule has 5 unspecified atom stereocenters. The number of nitriles is 1. The highest BCUT2D eigenvalue weighted by Gasteiger charge is 2.48. The SMILES string of the molecule is CCC(C)C(C)C1OC(C)(C#N)OC1OC. The molecule has 0 amide bonds. The van der Waals surface area contributed by atoms with Gasteiger partial charge in [-0.2, -0.15) is 5.26 Å². The smallest absolute Gasteiger partial charge is 0.259 e. The molecule has 0 N–H and O–H groups in total. The molecule has 4 heteroatoms. The van der Waals surface area contributed by atoms with E-state index in [0.717, 1.165) is 6.42 Å². The first-order valence-corrected chi connectivity index (χ1v) is 5.77. The minimum atomic E-state index is -1.17. The topological polar surface area (TPSA) is 51.5 Å². The van der Waals surface area contributed by atoms with Gasteiger partial charge in [0.1, 0.15) is 12.2 Å². The Labute approximate surface area is 97.5 Å². The van der Waals surface area contributed by atoms with Crippen LogP contribution in [0.5, 0.6) is 0 Å². The molecule has 0 spiro atoms. The molecule has 0 aromatic rings. The summed E-state index contributed by atoms with van der Waals surface area (Å²) in [6.45, 7) is 8.05. The van der Waals surface area contributed by atoms with E-state index in [-0.39, 0.29) is 6.10 Å². The molecular weight excluding hydrogens is 206 g/mol. The molecule has 0 saturated carbocycles. The second-order valence-electron chi connectivity index (χ2n) is 4.61. The first kappa shape index (κ1) is 13.4. The van der Waals surface area contributed by atoms with E-state index in [1.54, 1.807) is 14.0 Å². The molecule has 0 radical (unpaired) electrons. The van der Waals surface area contributed by atoms with Gasteiger partial charge in [0.15, 0.2) is 6.29 Å². The summed E-state index contributed by atoms with van der Waals surface area (Å²) in [5, 5.41) is 8.98. The molecule has 1 fully saturated rings. The number of rotatable bonds is 4. The Bertz CT molecular complexity index is 276. The molecule has 16 heavy (non-hydrogen) atoms. The van der Waals surface area contributed by atoms with Crippen LogP contribution in [0.3, 0.4) is 0 Å². The van der Waals surface area contributed by atoms with Crippen LogP contribution in [0.4, 0.5) is 0 Å². The van der Waals surface area contributed by atoms with E-state index < -0.39 is 12.1 Å². The van der Waals surface area contributed by atoms with Gasteiger partial charge in [0, 0.05) is 14.0 Å². The summed E-state index contributed by atoms with van der Waals surface area (Å²) in [5.74, 6) is -0.370. The number of methoxy groups -OCH3 is 1. The van der Waals surface area contributed by atoms with Gasteiger partial charge in [-0.25, -0.2) is 0 Å². The largest absolute Gasteiger partial charge is 0.353 e. The lowest BCUT2D eigenvalue weighted by Crippen LogP contribution is -2.34. The highest BCUT2D eigenvalue weighted by molar-refractivity contribution is 4.97. The van der Waals surface area contributed by atoms with Gasteiger partial charge in [0.05, 0.1) is 0 Å². The van der Waals surface area contributed by atoms with Gasteiger partial charge in [-0.1, -0.05) is 27.2 Å². The Kier molecular flexibility index (Phi) is 4.31. The molecule has 5 atom stereocenters. The van der Waals surface area contributed by atoms with Gasteiger partial charge in [-0.05, 0) is 11.8 Å². The lowest BCUT2D eigenvalue weighted by atomic mass is 9.88. The van der Waals surface area contributed by atoms with E-state index in [1.807, 2.05) is 6.07 Å². The number of hydrogen-bond donors (Lipinski definition) is 0. The molecule has 0 aromatic heterocycles. The Hall–Kier alpha value is -0.630. The van der Waals surface area contributed by atoms with Crippen LogP contribution in [0, 0.1) is 23.2 Å². The molecule has 1 aliphatic heterocycles. The van der Waals surface area contributed by atoms with Gasteiger partial charge in [0.25, 0.3) is 5.79 Å². The average Bonchev–Trinajstić information content (AvgIpc) is 2.65. The molecule has 4 nitrogen and oxygen atoms in total. The molecule has 1 saturated heterocycles. The Morgan fingerprint density at radius 3 is 2.50 bits per heavy atom. The first-order chi connectivity index (χ1) is 7.47. The molecule has 1 aliphatic rings. The van der Waals surface area contributed by atoms with Crippen molar-refractivity contribution in [2.75, 3.05) is 7.11 Å². The van der Waals surface area contributed by atoms with Crippen LogP contribution in [-0.4, -0.2) is 25.3 Å². The van der Waals surface area contributed by atoms with Crippen LogP contribution < -0.4 is 0 Å². The van der Waals surface area contributed by atoms with Crippen molar-refractivity contribution in [2.45, 2.75) is 52.3 Å². The van der Waals surface area contributed by atoms with Crippen molar-refractivity contribution in [1.82, 2.24) is 0 Å². The second kappa shape index (κ2) is 5.13. The van der Waals surface area contributed by atoms with Crippen LogP contribution in [0.25, 0.3) is 0 Å². The van der Waals surface area contributed by atoms with E-state index in [0.29, 0.717) is 11.8 Å². The van der Waals surface area contributed by atoms with Crippen molar-refractivity contribution in [3.8, 4) is 6.07 Å². The van der Waals surface area contributed by atoms with E-state index in [4.69, 9.17) is 19.5 Å².